The molecule has 186 valence electrons. The van der Waals surface area contributed by atoms with Crippen molar-refractivity contribution in [1.29, 1.82) is 0 Å². The molecule has 0 unspecified atom stereocenters. The molecule has 1 aliphatic rings. The van der Waals surface area contributed by atoms with Gasteiger partial charge in [0.2, 0.25) is 5.78 Å². The minimum atomic E-state index is -0.533. The molecule has 2 amide bonds. The molecule has 0 aliphatic heterocycles. The van der Waals surface area contributed by atoms with Gasteiger partial charge in [0.25, 0.3) is 11.8 Å². The van der Waals surface area contributed by atoms with Gasteiger partial charge in [-0.15, -0.1) is 0 Å². The van der Waals surface area contributed by atoms with E-state index in [1.807, 2.05) is 43.5 Å². The Labute approximate surface area is 211 Å². The second-order valence-corrected chi connectivity index (χ2v) is 9.12. The van der Waals surface area contributed by atoms with Crippen LogP contribution in [0.1, 0.15) is 57.0 Å². The van der Waals surface area contributed by atoms with E-state index in [0.29, 0.717) is 29.0 Å². The highest BCUT2D eigenvalue weighted by Gasteiger charge is 2.30. The van der Waals surface area contributed by atoms with Crippen LogP contribution in [0.4, 0.5) is 5.82 Å². The zero-order valence-electron chi connectivity index (χ0n) is 20.3. The molecular formula is C26H24N8O3. The first-order chi connectivity index (χ1) is 18.0. The lowest BCUT2D eigenvalue weighted by atomic mass is 10.2. The minimum absolute atomic E-state index is 0.0439. The van der Waals surface area contributed by atoms with Gasteiger partial charge >= 0.3 is 0 Å². The Balaban J connectivity index is 1.17. The van der Waals surface area contributed by atoms with Crippen molar-refractivity contribution in [2.75, 3.05) is 12.4 Å². The highest BCUT2D eigenvalue weighted by molar-refractivity contribution is 6.10. The number of carbonyl (C=O) groups is 2. The highest BCUT2D eigenvalue weighted by atomic mass is 16.4. The van der Waals surface area contributed by atoms with Gasteiger partial charge < -0.3 is 14.6 Å². The molecule has 6 rings (SSSR count). The Morgan fingerprint density at radius 3 is 2.76 bits per heavy atom. The second-order valence-electron chi connectivity index (χ2n) is 9.12. The number of rotatable bonds is 7. The molecule has 1 saturated carbocycles. The minimum Gasteiger partial charge on any atom is -0.445 e. The van der Waals surface area contributed by atoms with Crippen molar-refractivity contribution < 1.29 is 14.0 Å². The summed E-state index contributed by atoms with van der Waals surface area (Å²) in [5.74, 6) is 1.66. The van der Waals surface area contributed by atoms with E-state index in [0.717, 1.165) is 30.0 Å². The number of fused-ring (bicyclic) bond motifs is 1. The Bertz CT molecular complexity index is 1610. The summed E-state index contributed by atoms with van der Waals surface area (Å²) in [7, 11) is 1.65. The summed E-state index contributed by atoms with van der Waals surface area (Å²) in [6.45, 7) is 2.10. The molecule has 0 spiro atoms. The van der Waals surface area contributed by atoms with E-state index in [9.17, 15) is 9.59 Å². The summed E-state index contributed by atoms with van der Waals surface area (Å²) in [5.41, 5.74) is 2.64. The summed E-state index contributed by atoms with van der Waals surface area (Å²) in [6.07, 6.45) is 7.14. The SMILES string of the molecule is Cc1oc(C2CC2)nc1CN(C)C(=O)c1cn[nH]c1C(=O)Nc1ccn2cc(-c3ccccc3)nc2n1. The summed E-state index contributed by atoms with van der Waals surface area (Å²) >= 11 is 0. The fraction of sp³-hybridized carbons (Fsp3) is 0.231. The molecule has 0 saturated heterocycles. The molecule has 0 atom stereocenters. The van der Waals surface area contributed by atoms with Gasteiger partial charge in [0.1, 0.15) is 23.0 Å². The number of nitrogens with zero attached hydrogens (tertiary/aromatic N) is 6. The maximum Gasteiger partial charge on any atom is 0.275 e. The molecule has 4 heterocycles. The number of hydrogen-bond acceptors (Lipinski definition) is 7. The van der Waals surface area contributed by atoms with Crippen molar-refractivity contribution in [2.45, 2.75) is 32.2 Å². The van der Waals surface area contributed by atoms with Gasteiger partial charge in [-0.2, -0.15) is 10.1 Å². The zero-order chi connectivity index (χ0) is 25.5. The van der Waals surface area contributed by atoms with Gasteiger partial charge in [-0.1, -0.05) is 30.3 Å². The van der Waals surface area contributed by atoms with Crippen LogP contribution in [0.2, 0.25) is 0 Å². The van der Waals surface area contributed by atoms with Gasteiger partial charge in [-0.3, -0.25) is 19.1 Å². The van der Waals surface area contributed by atoms with Crippen LogP contribution >= 0.6 is 0 Å². The van der Waals surface area contributed by atoms with Crippen molar-refractivity contribution in [3.05, 3.63) is 83.6 Å². The molecule has 37 heavy (non-hydrogen) atoms. The number of hydrogen-bond donors (Lipinski definition) is 2. The first-order valence-corrected chi connectivity index (χ1v) is 11.9. The third kappa shape index (κ3) is 4.46. The standard InChI is InChI=1S/C26H24N8O3/c1-15-19(28-24(37-15)17-8-9-17)13-33(2)25(36)18-12-27-32-22(18)23(35)30-21-10-11-34-14-20(29-26(34)31-21)16-6-4-3-5-7-16/h3-7,10-12,14,17H,8-9,13H2,1-2H3,(H,27,32)(H,29,30,31,35). The highest BCUT2D eigenvalue weighted by Crippen LogP contribution is 2.40. The zero-order valence-corrected chi connectivity index (χ0v) is 20.3. The number of oxazole rings is 1. The second kappa shape index (κ2) is 9.01. The molecule has 2 N–H and O–H groups in total. The van der Waals surface area contributed by atoms with Crippen LogP contribution in [0.25, 0.3) is 17.0 Å². The molecule has 1 aliphatic carbocycles. The van der Waals surface area contributed by atoms with Crippen molar-refractivity contribution in [1.82, 2.24) is 34.4 Å². The number of imidazole rings is 1. The number of nitrogens with one attached hydrogen (secondary N) is 2. The lowest BCUT2D eigenvalue weighted by Gasteiger charge is -2.16. The summed E-state index contributed by atoms with van der Waals surface area (Å²) < 4.78 is 7.53. The maximum absolute atomic E-state index is 13.2. The van der Waals surface area contributed by atoms with E-state index >= 15 is 0 Å². The Hall–Kier alpha value is -4.80. The average Bonchev–Trinajstić information content (AvgIpc) is 3.31. The van der Waals surface area contributed by atoms with Crippen molar-refractivity contribution in [3.63, 3.8) is 0 Å². The largest absolute Gasteiger partial charge is 0.445 e. The summed E-state index contributed by atoms with van der Waals surface area (Å²) in [5, 5.41) is 9.29. The van der Waals surface area contributed by atoms with Crippen LogP contribution in [0.15, 0.2) is 59.4 Å². The van der Waals surface area contributed by atoms with Crippen LogP contribution in [0.3, 0.4) is 0 Å². The lowest BCUT2D eigenvalue weighted by Crippen LogP contribution is -2.28. The number of anilines is 1. The lowest BCUT2D eigenvalue weighted by molar-refractivity contribution is 0.0778. The number of benzene rings is 1. The predicted octanol–water partition coefficient (Wildman–Crippen LogP) is 3.82. The van der Waals surface area contributed by atoms with E-state index < -0.39 is 5.91 Å². The third-order valence-corrected chi connectivity index (χ3v) is 6.30. The van der Waals surface area contributed by atoms with E-state index in [-0.39, 0.29) is 23.7 Å². The molecule has 0 radical (unpaired) electrons. The molecule has 11 heteroatoms. The Morgan fingerprint density at radius 2 is 1.97 bits per heavy atom. The van der Waals surface area contributed by atoms with Gasteiger partial charge in [0.05, 0.1) is 24.0 Å². The first-order valence-electron chi connectivity index (χ1n) is 11.9. The number of H-pyrrole nitrogens is 1. The normalized spacial score (nSPS) is 13.1. The van der Waals surface area contributed by atoms with E-state index in [1.165, 1.54) is 11.1 Å². The fourth-order valence-corrected chi connectivity index (χ4v) is 4.09. The summed E-state index contributed by atoms with van der Waals surface area (Å²) in [4.78, 5) is 41.2. The average molecular weight is 497 g/mol. The molecule has 0 bridgehead atoms. The van der Waals surface area contributed by atoms with Crippen molar-refractivity contribution >= 4 is 23.4 Å². The Kier molecular flexibility index (Phi) is 5.52. The smallest absolute Gasteiger partial charge is 0.275 e. The van der Waals surface area contributed by atoms with Crippen LogP contribution < -0.4 is 5.32 Å². The van der Waals surface area contributed by atoms with E-state index in [1.54, 1.807) is 23.7 Å². The molecule has 1 fully saturated rings. The molecule has 11 nitrogen and oxygen atoms in total. The number of aromatic nitrogens is 6. The maximum atomic E-state index is 13.2. The van der Waals surface area contributed by atoms with E-state index in [4.69, 9.17) is 4.42 Å². The summed E-state index contributed by atoms with van der Waals surface area (Å²) in [6, 6.07) is 11.4. The van der Waals surface area contributed by atoms with Crippen LogP contribution in [0, 0.1) is 6.92 Å². The molecule has 4 aromatic heterocycles. The van der Waals surface area contributed by atoms with Crippen molar-refractivity contribution in [3.8, 4) is 11.3 Å². The number of aromatic amines is 1. The van der Waals surface area contributed by atoms with Gasteiger partial charge in [0, 0.05) is 30.9 Å². The van der Waals surface area contributed by atoms with E-state index in [2.05, 4.69) is 30.5 Å². The topological polar surface area (TPSA) is 134 Å². The number of amides is 2. The van der Waals surface area contributed by atoms with Gasteiger partial charge in [-0.05, 0) is 25.8 Å². The van der Waals surface area contributed by atoms with Crippen LogP contribution in [-0.4, -0.2) is 53.3 Å². The predicted molar refractivity (Wildman–Crippen MR) is 134 cm³/mol. The first kappa shape index (κ1) is 22.7. The van der Waals surface area contributed by atoms with Crippen LogP contribution in [0.5, 0.6) is 0 Å². The van der Waals surface area contributed by atoms with Gasteiger partial charge in [0.15, 0.2) is 5.89 Å². The fourth-order valence-electron chi connectivity index (χ4n) is 4.09. The monoisotopic (exact) mass is 496 g/mol. The quantitative estimate of drug-likeness (QED) is 0.350. The Morgan fingerprint density at radius 1 is 1.16 bits per heavy atom. The number of carbonyl (C=O) groups excluding carboxylic acids is 2. The number of aryl methyl sites for hydroxylation is 1. The molecular weight excluding hydrogens is 472 g/mol. The van der Waals surface area contributed by atoms with Crippen molar-refractivity contribution in [2.24, 2.45) is 0 Å². The molecule has 5 aromatic rings. The van der Waals surface area contributed by atoms with Crippen LogP contribution in [-0.2, 0) is 6.54 Å². The molecule has 1 aromatic carbocycles. The van der Waals surface area contributed by atoms with Gasteiger partial charge in [-0.25, -0.2) is 9.97 Å². The third-order valence-electron chi connectivity index (χ3n) is 6.30.